The molecule has 0 aliphatic carbocycles. The van der Waals surface area contributed by atoms with Gasteiger partial charge in [0.15, 0.2) is 0 Å². The van der Waals surface area contributed by atoms with E-state index in [-0.39, 0.29) is 24.2 Å². The van der Waals surface area contributed by atoms with Gasteiger partial charge in [0.05, 0.1) is 23.0 Å². The Hall–Kier alpha value is -3.86. The monoisotopic (exact) mass is 416 g/mol. The molecule has 3 N–H and O–H groups in total. The lowest BCUT2D eigenvalue weighted by molar-refractivity contribution is -0.385. The van der Waals surface area contributed by atoms with E-state index in [1.807, 2.05) is 0 Å². The molecule has 11 nitrogen and oxygen atoms in total. The molecule has 0 aliphatic rings. The normalized spacial score (nSPS) is 12.5. The molecule has 0 heterocycles. The van der Waals surface area contributed by atoms with Gasteiger partial charge in [-0.1, -0.05) is 24.3 Å². The zero-order valence-corrected chi connectivity index (χ0v) is 16.0. The van der Waals surface area contributed by atoms with Crippen LogP contribution in [-0.4, -0.2) is 40.9 Å². The highest BCUT2D eigenvalue weighted by Gasteiger charge is 2.25. The van der Waals surface area contributed by atoms with E-state index in [0.717, 1.165) is 0 Å². The first-order valence-corrected chi connectivity index (χ1v) is 8.81. The number of non-ortho nitro benzene ring substituents is 2. The number of nitrogens with two attached hydrogens (primary N) is 1. The number of carbonyl (C=O) groups excluding carboxylic acids is 2. The largest absolute Gasteiger partial charge is 0.467 e. The van der Waals surface area contributed by atoms with Crippen LogP contribution < -0.4 is 11.1 Å². The number of carbonyl (C=O) groups is 2. The van der Waals surface area contributed by atoms with E-state index >= 15 is 0 Å². The Morgan fingerprint density at radius 2 is 1.37 bits per heavy atom. The fourth-order valence-electron chi connectivity index (χ4n) is 2.70. The molecule has 0 aliphatic heterocycles. The Bertz CT molecular complexity index is 929. The molecule has 0 aromatic heterocycles. The van der Waals surface area contributed by atoms with Gasteiger partial charge in [-0.05, 0) is 17.5 Å². The maximum atomic E-state index is 12.4. The van der Waals surface area contributed by atoms with E-state index in [0.29, 0.717) is 11.1 Å². The van der Waals surface area contributed by atoms with Crippen molar-refractivity contribution in [1.82, 2.24) is 5.32 Å². The van der Waals surface area contributed by atoms with Crippen LogP contribution in [0.25, 0.3) is 0 Å². The minimum absolute atomic E-state index is 0.0562. The van der Waals surface area contributed by atoms with Gasteiger partial charge in [0, 0.05) is 30.7 Å². The number of esters is 1. The van der Waals surface area contributed by atoms with Gasteiger partial charge in [0.25, 0.3) is 11.4 Å². The molecule has 30 heavy (non-hydrogen) atoms. The van der Waals surface area contributed by atoms with Crippen LogP contribution in [0.4, 0.5) is 11.4 Å². The van der Waals surface area contributed by atoms with Crippen LogP contribution in [-0.2, 0) is 27.2 Å². The van der Waals surface area contributed by atoms with Gasteiger partial charge in [0.2, 0.25) is 5.91 Å². The quantitative estimate of drug-likeness (QED) is 0.350. The van der Waals surface area contributed by atoms with E-state index in [4.69, 9.17) is 10.5 Å². The predicted octanol–water partition coefficient (Wildman–Crippen LogP) is 1.27. The number of hydrogen-bond donors (Lipinski definition) is 2. The van der Waals surface area contributed by atoms with Crippen LogP contribution in [0.3, 0.4) is 0 Å². The number of hydrogen-bond acceptors (Lipinski definition) is 8. The third-order valence-electron chi connectivity index (χ3n) is 4.33. The summed E-state index contributed by atoms with van der Waals surface area (Å²) < 4.78 is 4.71. The number of nitrogens with one attached hydrogen (secondary N) is 1. The smallest absolute Gasteiger partial charge is 0.328 e. The van der Waals surface area contributed by atoms with Crippen molar-refractivity contribution in [2.75, 3.05) is 7.11 Å². The van der Waals surface area contributed by atoms with Crippen LogP contribution in [0.2, 0.25) is 0 Å². The Balaban J connectivity index is 2.03. The summed E-state index contributed by atoms with van der Waals surface area (Å²) in [4.78, 5) is 44.9. The summed E-state index contributed by atoms with van der Waals surface area (Å²) in [7, 11) is 1.17. The van der Waals surface area contributed by atoms with Crippen LogP contribution in [0.15, 0.2) is 48.5 Å². The van der Waals surface area contributed by atoms with Crippen LogP contribution >= 0.6 is 0 Å². The van der Waals surface area contributed by atoms with Gasteiger partial charge in [-0.3, -0.25) is 25.0 Å². The fourth-order valence-corrected chi connectivity index (χ4v) is 2.70. The first-order valence-electron chi connectivity index (χ1n) is 8.81. The lowest BCUT2D eigenvalue weighted by Crippen LogP contribution is -2.50. The number of ether oxygens (including phenoxy) is 1. The molecule has 0 bridgehead atoms. The van der Waals surface area contributed by atoms with Crippen molar-refractivity contribution in [1.29, 1.82) is 0 Å². The third-order valence-corrected chi connectivity index (χ3v) is 4.33. The zero-order chi connectivity index (χ0) is 22.3. The molecule has 1 amide bonds. The molecule has 2 aromatic carbocycles. The summed E-state index contributed by atoms with van der Waals surface area (Å²) in [5, 5.41) is 24.0. The zero-order valence-electron chi connectivity index (χ0n) is 16.0. The molecule has 2 atom stereocenters. The summed E-state index contributed by atoms with van der Waals surface area (Å²) >= 11 is 0. The maximum Gasteiger partial charge on any atom is 0.328 e. The number of amides is 1. The second kappa shape index (κ2) is 10.1. The predicted molar refractivity (Wildman–Crippen MR) is 106 cm³/mol. The van der Waals surface area contributed by atoms with Crippen LogP contribution in [0.5, 0.6) is 0 Å². The average molecular weight is 416 g/mol. The van der Waals surface area contributed by atoms with Gasteiger partial charge in [-0.15, -0.1) is 0 Å². The molecule has 158 valence electrons. The highest BCUT2D eigenvalue weighted by atomic mass is 16.6. The van der Waals surface area contributed by atoms with Crippen molar-refractivity contribution >= 4 is 23.3 Å². The van der Waals surface area contributed by atoms with Crippen LogP contribution in [0, 0.1) is 20.2 Å². The fraction of sp³-hybridized carbons (Fsp3) is 0.263. The average Bonchev–Trinajstić information content (AvgIpc) is 2.73. The number of rotatable bonds is 9. The SMILES string of the molecule is COC(=O)[C@H](Cc1ccc([N+](=O)[O-])cc1)NC(=O)[C@@H](N)Cc1ccc([N+](=O)[O-])cc1. The molecule has 0 unspecified atom stereocenters. The maximum absolute atomic E-state index is 12.4. The highest BCUT2D eigenvalue weighted by molar-refractivity contribution is 5.87. The standard InChI is InChI=1S/C19H20N4O7/c1-30-19(25)17(11-13-4-8-15(9-5-13)23(28)29)21-18(24)16(20)10-12-2-6-14(7-3-12)22(26)27/h2-9,16-17H,10-11,20H2,1H3,(H,21,24)/t16-,17-/m0/s1. The molecular weight excluding hydrogens is 396 g/mol. The number of methoxy groups -OCH3 is 1. The topological polar surface area (TPSA) is 168 Å². The molecule has 0 saturated heterocycles. The van der Waals surface area contributed by atoms with E-state index in [9.17, 15) is 29.8 Å². The molecule has 0 radical (unpaired) electrons. The second-order valence-electron chi connectivity index (χ2n) is 6.45. The van der Waals surface area contributed by atoms with Crippen molar-refractivity contribution < 1.29 is 24.2 Å². The summed E-state index contributed by atoms with van der Waals surface area (Å²) in [6.45, 7) is 0. The summed E-state index contributed by atoms with van der Waals surface area (Å²) in [5.74, 6) is -1.30. The number of nitrogens with zero attached hydrogens (tertiary/aromatic N) is 2. The summed E-state index contributed by atoms with van der Waals surface area (Å²) in [6.07, 6.45) is 0.163. The second-order valence-corrected chi connectivity index (χ2v) is 6.45. The lowest BCUT2D eigenvalue weighted by Gasteiger charge is -2.19. The third kappa shape index (κ3) is 6.07. The van der Waals surface area contributed by atoms with Gasteiger partial charge >= 0.3 is 5.97 Å². The van der Waals surface area contributed by atoms with E-state index < -0.39 is 33.8 Å². The van der Waals surface area contributed by atoms with Crippen molar-refractivity contribution in [2.24, 2.45) is 5.73 Å². The van der Waals surface area contributed by atoms with Gasteiger partial charge in [-0.2, -0.15) is 0 Å². The Kier molecular flexibility index (Phi) is 7.53. The first-order chi connectivity index (χ1) is 14.2. The number of benzene rings is 2. The summed E-state index contributed by atoms with van der Waals surface area (Å²) in [6, 6.07) is 9.14. The minimum atomic E-state index is -1.04. The van der Waals surface area contributed by atoms with E-state index in [2.05, 4.69) is 5.32 Å². The molecule has 0 fully saturated rings. The number of nitro groups is 2. The molecule has 2 rings (SSSR count). The molecule has 2 aromatic rings. The molecule has 11 heteroatoms. The lowest BCUT2D eigenvalue weighted by atomic mass is 10.0. The number of nitro benzene ring substituents is 2. The highest BCUT2D eigenvalue weighted by Crippen LogP contribution is 2.15. The van der Waals surface area contributed by atoms with Crippen molar-refractivity contribution in [3.05, 3.63) is 79.9 Å². The molecule has 0 saturated carbocycles. The van der Waals surface area contributed by atoms with Gasteiger partial charge < -0.3 is 15.8 Å². The van der Waals surface area contributed by atoms with Gasteiger partial charge in [0.1, 0.15) is 6.04 Å². The van der Waals surface area contributed by atoms with Crippen molar-refractivity contribution in [3.63, 3.8) is 0 Å². The van der Waals surface area contributed by atoms with Crippen molar-refractivity contribution in [3.8, 4) is 0 Å². The van der Waals surface area contributed by atoms with Crippen LogP contribution in [0.1, 0.15) is 11.1 Å². The Labute approximate surface area is 171 Å². The van der Waals surface area contributed by atoms with E-state index in [1.165, 1.54) is 55.6 Å². The first kappa shape index (κ1) is 22.4. The summed E-state index contributed by atoms with van der Waals surface area (Å²) in [5.41, 5.74) is 6.94. The molecular formula is C19H20N4O7. The molecule has 0 spiro atoms. The minimum Gasteiger partial charge on any atom is -0.467 e. The van der Waals surface area contributed by atoms with E-state index in [1.54, 1.807) is 0 Å². The van der Waals surface area contributed by atoms with Crippen molar-refractivity contribution in [2.45, 2.75) is 24.9 Å². The Morgan fingerprint density at radius 1 is 0.933 bits per heavy atom. The van der Waals surface area contributed by atoms with Gasteiger partial charge in [-0.25, -0.2) is 4.79 Å². The Morgan fingerprint density at radius 3 is 1.77 bits per heavy atom.